The first-order chi connectivity index (χ1) is 12.8. The highest BCUT2D eigenvalue weighted by Crippen LogP contribution is 2.15. The summed E-state index contributed by atoms with van der Waals surface area (Å²) in [4.78, 5) is 27.1. The number of amides is 2. The van der Waals surface area contributed by atoms with Gasteiger partial charge in [-0.3, -0.25) is 9.48 Å². The highest BCUT2D eigenvalue weighted by molar-refractivity contribution is 5.77. The van der Waals surface area contributed by atoms with Crippen molar-refractivity contribution in [1.82, 2.24) is 25.4 Å². The Kier molecular flexibility index (Phi) is 7.15. The number of rotatable bonds is 8. The molecule has 2 amide bonds. The highest BCUT2D eigenvalue weighted by atomic mass is 19.4. The van der Waals surface area contributed by atoms with Crippen molar-refractivity contribution in [2.24, 2.45) is 0 Å². The topological polar surface area (TPSA) is 98.1 Å². The van der Waals surface area contributed by atoms with Gasteiger partial charge >= 0.3 is 12.3 Å². The average Bonchev–Trinajstić information content (AvgIpc) is 3.13. The van der Waals surface area contributed by atoms with Crippen LogP contribution < -0.4 is 10.6 Å². The van der Waals surface area contributed by atoms with Crippen LogP contribution in [0.15, 0.2) is 43.0 Å². The minimum atomic E-state index is -4.60. The monoisotopic (exact) mass is 385 g/mol. The molecule has 8 nitrogen and oxygen atoms in total. The van der Waals surface area contributed by atoms with Gasteiger partial charge in [-0.25, -0.2) is 9.78 Å². The minimum Gasteiger partial charge on any atom is -0.440 e. The van der Waals surface area contributed by atoms with Crippen LogP contribution >= 0.6 is 0 Å². The lowest BCUT2D eigenvalue weighted by atomic mass is 10.1. The number of nitrogens with one attached hydrogen (secondary N) is 2. The lowest BCUT2D eigenvalue weighted by Gasteiger charge is -2.19. The van der Waals surface area contributed by atoms with E-state index in [1.807, 2.05) is 30.3 Å². The first kappa shape index (κ1) is 20.2. The molecule has 1 aromatic carbocycles. The van der Waals surface area contributed by atoms with E-state index in [1.54, 1.807) is 4.68 Å². The Bertz CT molecular complexity index is 723. The Morgan fingerprint density at radius 2 is 1.96 bits per heavy atom. The number of benzene rings is 1. The van der Waals surface area contributed by atoms with E-state index in [2.05, 4.69) is 25.5 Å². The van der Waals surface area contributed by atoms with E-state index in [1.165, 1.54) is 12.7 Å². The largest absolute Gasteiger partial charge is 0.440 e. The van der Waals surface area contributed by atoms with E-state index >= 15 is 0 Å². The maximum absolute atomic E-state index is 12.1. The van der Waals surface area contributed by atoms with E-state index in [4.69, 9.17) is 0 Å². The lowest BCUT2D eigenvalue weighted by Crippen LogP contribution is -2.35. The fraction of sp³-hybridized carbons (Fsp3) is 0.375. The third-order valence-corrected chi connectivity index (χ3v) is 3.36. The van der Waals surface area contributed by atoms with Gasteiger partial charge in [-0.1, -0.05) is 30.3 Å². The molecule has 0 aliphatic carbocycles. The zero-order chi connectivity index (χ0) is 19.7. The van der Waals surface area contributed by atoms with Crippen LogP contribution in [0.5, 0.6) is 0 Å². The first-order valence-corrected chi connectivity index (χ1v) is 7.97. The zero-order valence-corrected chi connectivity index (χ0v) is 14.1. The van der Waals surface area contributed by atoms with Crippen molar-refractivity contribution in [2.45, 2.75) is 25.2 Å². The molecule has 0 saturated carbocycles. The van der Waals surface area contributed by atoms with E-state index in [-0.39, 0.29) is 18.9 Å². The summed E-state index contributed by atoms with van der Waals surface area (Å²) in [6.45, 7) is -1.50. The SMILES string of the molecule is O=C(CCNC(=O)OCC(F)(F)F)N[C@@H](Cn1cncn1)c1ccccc1. The number of alkyl halides is 3. The molecule has 0 spiro atoms. The Balaban J connectivity index is 1.82. The average molecular weight is 385 g/mol. The summed E-state index contributed by atoms with van der Waals surface area (Å²) in [5.74, 6) is -0.389. The van der Waals surface area contributed by atoms with Gasteiger partial charge in [-0.05, 0) is 5.56 Å². The molecular formula is C16H18F3N5O3. The van der Waals surface area contributed by atoms with Crippen molar-refractivity contribution < 1.29 is 27.5 Å². The second-order valence-corrected chi connectivity index (χ2v) is 5.52. The van der Waals surface area contributed by atoms with Crippen molar-refractivity contribution in [2.75, 3.05) is 13.2 Å². The van der Waals surface area contributed by atoms with Crippen LogP contribution in [0.4, 0.5) is 18.0 Å². The molecule has 0 fully saturated rings. The number of ether oxygens (including phenoxy) is 1. The standard InChI is InChI=1S/C16H18F3N5O3/c17-16(18,19)9-27-15(26)21-7-6-14(25)23-13(8-24-11-20-10-22-24)12-4-2-1-3-5-12/h1-5,10-11,13H,6-9H2,(H,21,26)(H,23,25)/t13-/m0/s1. The van der Waals surface area contributed by atoms with Crippen LogP contribution in [0, 0.1) is 0 Å². The second kappa shape index (κ2) is 9.55. The van der Waals surface area contributed by atoms with Gasteiger partial charge in [0.1, 0.15) is 12.7 Å². The Morgan fingerprint density at radius 1 is 1.22 bits per heavy atom. The number of hydrogen-bond donors (Lipinski definition) is 2. The van der Waals surface area contributed by atoms with Crippen molar-refractivity contribution in [3.63, 3.8) is 0 Å². The molecular weight excluding hydrogens is 367 g/mol. The predicted molar refractivity (Wildman–Crippen MR) is 87.4 cm³/mol. The number of carbonyl (C=O) groups excluding carboxylic acids is 2. The van der Waals surface area contributed by atoms with E-state index < -0.39 is 24.9 Å². The summed E-state index contributed by atoms with van der Waals surface area (Å²) in [6, 6.07) is 8.79. The quantitative estimate of drug-likeness (QED) is 0.722. The van der Waals surface area contributed by atoms with Crippen molar-refractivity contribution >= 4 is 12.0 Å². The van der Waals surface area contributed by atoms with Gasteiger partial charge in [-0.2, -0.15) is 18.3 Å². The van der Waals surface area contributed by atoms with Crippen LogP contribution in [-0.4, -0.2) is 46.1 Å². The summed E-state index contributed by atoms with van der Waals surface area (Å²) in [6.07, 6.45) is -3.07. The third-order valence-electron chi connectivity index (χ3n) is 3.36. The minimum absolute atomic E-state index is 0.123. The fourth-order valence-electron chi connectivity index (χ4n) is 2.18. The van der Waals surface area contributed by atoms with Crippen molar-refractivity contribution in [3.8, 4) is 0 Å². The Morgan fingerprint density at radius 3 is 2.59 bits per heavy atom. The van der Waals surface area contributed by atoms with Crippen LogP contribution in [0.3, 0.4) is 0 Å². The number of hydrogen-bond acceptors (Lipinski definition) is 5. The molecule has 0 radical (unpaired) electrons. The van der Waals surface area contributed by atoms with E-state index in [9.17, 15) is 22.8 Å². The van der Waals surface area contributed by atoms with E-state index in [0.717, 1.165) is 5.56 Å². The molecule has 1 atom stereocenters. The number of halogens is 3. The number of carbonyl (C=O) groups is 2. The molecule has 0 aliphatic heterocycles. The van der Waals surface area contributed by atoms with Gasteiger partial charge < -0.3 is 15.4 Å². The molecule has 27 heavy (non-hydrogen) atoms. The molecule has 0 bridgehead atoms. The molecule has 146 valence electrons. The molecule has 2 rings (SSSR count). The predicted octanol–water partition coefficient (Wildman–Crippen LogP) is 1.81. The summed E-state index contributed by atoms with van der Waals surface area (Å²) in [5.41, 5.74) is 0.846. The van der Waals surface area contributed by atoms with Gasteiger partial charge in [-0.15, -0.1) is 0 Å². The normalized spacial score (nSPS) is 12.3. The highest BCUT2D eigenvalue weighted by Gasteiger charge is 2.29. The summed E-state index contributed by atoms with van der Waals surface area (Å²) in [5, 5.41) is 8.90. The van der Waals surface area contributed by atoms with Crippen LogP contribution in [0.1, 0.15) is 18.0 Å². The Hall–Kier alpha value is -3.11. The van der Waals surface area contributed by atoms with Gasteiger partial charge in [0.05, 0.1) is 12.6 Å². The fourth-order valence-corrected chi connectivity index (χ4v) is 2.18. The van der Waals surface area contributed by atoms with Crippen LogP contribution in [-0.2, 0) is 16.1 Å². The summed E-state index contributed by atoms with van der Waals surface area (Å²) < 4.78 is 41.4. The zero-order valence-electron chi connectivity index (χ0n) is 14.1. The van der Waals surface area contributed by atoms with Gasteiger partial charge in [0.25, 0.3) is 0 Å². The van der Waals surface area contributed by atoms with Gasteiger partial charge in [0, 0.05) is 13.0 Å². The molecule has 1 heterocycles. The lowest BCUT2D eigenvalue weighted by molar-refractivity contribution is -0.160. The maximum Gasteiger partial charge on any atom is 0.422 e. The van der Waals surface area contributed by atoms with E-state index in [0.29, 0.717) is 6.54 Å². The molecule has 0 saturated heterocycles. The smallest absolute Gasteiger partial charge is 0.422 e. The molecule has 2 N–H and O–H groups in total. The summed E-state index contributed by atoms with van der Waals surface area (Å²) in [7, 11) is 0. The number of nitrogens with zero attached hydrogens (tertiary/aromatic N) is 3. The van der Waals surface area contributed by atoms with Gasteiger partial charge in [0.2, 0.25) is 5.91 Å². The molecule has 11 heteroatoms. The number of aromatic nitrogens is 3. The van der Waals surface area contributed by atoms with Crippen molar-refractivity contribution in [3.05, 3.63) is 48.5 Å². The second-order valence-electron chi connectivity index (χ2n) is 5.52. The molecule has 0 unspecified atom stereocenters. The Labute approximate surface area is 152 Å². The first-order valence-electron chi connectivity index (χ1n) is 7.97. The maximum atomic E-state index is 12.1. The van der Waals surface area contributed by atoms with Crippen LogP contribution in [0.2, 0.25) is 0 Å². The molecule has 2 aromatic rings. The number of alkyl carbamates (subject to hydrolysis) is 1. The third kappa shape index (κ3) is 7.75. The van der Waals surface area contributed by atoms with Crippen molar-refractivity contribution in [1.29, 1.82) is 0 Å². The summed E-state index contributed by atoms with van der Waals surface area (Å²) >= 11 is 0. The van der Waals surface area contributed by atoms with Gasteiger partial charge in [0.15, 0.2) is 6.61 Å². The molecule has 0 aliphatic rings. The molecule has 1 aromatic heterocycles. The van der Waals surface area contributed by atoms with Crippen LogP contribution in [0.25, 0.3) is 0 Å².